The molecule has 1 aromatic rings. The quantitative estimate of drug-likeness (QED) is 0.652. The molecule has 1 N–H and O–H groups in total. The summed E-state index contributed by atoms with van der Waals surface area (Å²) < 4.78 is 0. The molecule has 0 saturated heterocycles. The van der Waals surface area contributed by atoms with E-state index in [-0.39, 0.29) is 6.61 Å². The maximum atomic E-state index is 8.95. The number of hydrogen-bond acceptors (Lipinski definition) is 2. The van der Waals surface area contributed by atoms with Gasteiger partial charge in [-0.3, -0.25) is 4.98 Å². The minimum Gasteiger partial charge on any atom is -0.392 e. The molecule has 0 radical (unpaired) electrons. The summed E-state index contributed by atoms with van der Waals surface area (Å²) in [5, 5.41) is 10.7. The van der Waals surface area contributed by atoms with Gasteiger partial charge in [-0.15, -0.1) is 0 Å². The molecule has 2 nitrogen and oxygen atoms in total. The summed E-state index contributed by atoms with van der Waals surface area (Å²) in [4.78, 5) is 3.90. The van der Waals surface area contributed by atoms with Crippen LogP contribution >= 0.6 is 0 Å². The normalized spacial score (nSPS) is 12.4. The fourth-order valence-electron chi connectivity index (χ4n) is 1.00. The standard InChI is InChI=1S/C10H11NO/c1-3-9(7-12)10-4-5-11-6-8(10)2/h3-6,12H,1-2,7H2/b10-9+. The topological polar surface area (TPSA) is 33.1 Å². The van der Waals surface area contributed by atoms with Crippen LogP contribution in [0.2, 0.25) is 0 Å². The first-order valence-electron chi connectivity index (χ1n) is 3.65. The minimum absolute atomic E-state index is 0.0178. The molecule has 0 saturated carbocycles. The third-order valence-corrected chi connectivity index (χ3v) is 1.67. The number of rotatable bonds is 2. The number of pyridine rings is 1. The lowest BCUT2D eigenvalue weighted by atomic mass is 10.2. The molecule has 1 aromatic heterocycles. The van der Waals surface area contributed by atoms with Gasteiger partial charge in [-0.25, -0.2) is 0 Å². The van der Waals surface area contributed by atoms with E-state index in [0.717, 1.165) is 16.0 Å². The third-order valence-electron chi connectivity index (χ3n) is 1.67. The molecule has 0 aliphatic heterocycles. The van der Waals surface area contributed by atoms with Crippen LogP contribution in [0.15, 0.2) is 31.1 Å². The largest absolute Gasteiger partial charge is 0.392 e. The SMILES string of the molecule is C=C/C(CO)=c1/ccncc1=C. The molecule has 2 heteroatoms. The van der Waals surface area contributed by atoms with Crippen molar-refractivity contribution in [3.8, 4) is 0 Å². The Morgan fingerprint density at radius 2 is 2.42 bits per heavy atom. The Balaban J connectivity index is 3.53. The Labute approximate surface area is 71.2 Å². The van der Waals surface area contributed by atoms with Gasteiger partial charge in [0.15, 0.2) is 0 Å². The van der Waals surface area contributed by atoms with Crippen molar-refractivity contribution in [2.45, 2.75) is 0 Å². The summed E-state index contributed by atoms with van der Waals surface area (Å²) in [6.07, 6.45) is 4.96. The highest BCUT2D eigenvalue weighted by Gasteiger charge is 1.90. The Morgan fingerprint density at radius 1 is 1.67 bits per heavy atom. The molecule has 0 spiro atoms. The van der Waals surface area contributed by atoms with Crippen LogP contribution in [0.25, 0.3) is 12.2 Å². The van der Waals surface area contributed by atoms with Crippen LogP contribution in [0.5, 0.6) is 0 Å². The van der Waals surface area contributed by atoms with Crippen molar-refractivity contribution in [1.82, 2.24) is 4.98 Å². The first-order chi connectivity index (χ1) is 5.79. The average Bonchev–Trinajstić information content (AvgIpc) is 2.10. The van der Waals surface area contributed by atoms with E-state index in [0.29, 0.717) is 0 Å². The Hall–Kier alpha value is -1.41. The monoisotopic (exact) mass is 161 g/mol. The number of aromatic nitrogens is 1. The van der Waals surface area contributed by atoms with Crippen LogP contribution in [-0.4, -0.2) is 16.7 Å². The van der Waals surface area contributed by atoms with Gasteiger partial charge in [0.05, 0.1) is 6.61 Å². The van der Waals surface area contributed by atoms with Crippen molar-refractivity contribution in [1.29, 1.82) is 0 Å². The molecular formula is C10H11NO. The smallest absolute Gasteiger partial charge is 0.0687 e. The lowest BCUT2D eigenvalue weighted by Crippen LogP contribution is -2.26. The van der Waals surface area contributed by atoms with Crippen molar-refractivity contribution in [3.05, 3.63) is 41.6 Å². The van der Waals surface area contributed by atoms with E-state index in [1.165, 1.54) is 0 Å². The molecule has 0 fully saturated rings. The van der Waals surface area contributed by atoms with E-state index >= 15 is 0 Å². The Kier molecular flexibility index (Phi) is 2.77. The molecule has 0 amide bonds. The van der Waals surface area contributed by atoms with Gasteiger partial charge in [0.2, 0.25) is 0 Å². The van der Waals surface area contributed by atoms with E-state index in [1.54, 1.807) is 18.5 Å². The lowest BCUT2D eigenvalue weighted by Gasteiger charge is -1.95. The summed E-state index contributed by atoms with van der Waals surface area (Å²) in [6.45, 7) is 7.38. The van der Waals surface area contributed by atoms with Crippen molar-refractivity contribution < 1.29 is 5.11 Å². The van der Waals surface area contributed by atoms with Crippen molar-refractivity contribution >= 4 is 12.2 Å². The van der Waals surface area contributed by atoms with Gasteiger partial charge in [0, 0.05) is 12.4 Å². The molecule has 0 aliphatic rings. The van der Waals surface area contributed by atoms with Gasteiger partial charge < -0.3 is 5.11 Å². The Morgan fingerprint density at radius 3 is 2.92 bits per heavy atom. The summed E-state index contributed by atoms with van der Waals surface area (Å²) in [5.41, 5.74) is 0.780. The van der Waals surface area contributed by atoms with Gasteiger partial charge in [0.1, 0.15) is 0 Å². The van der Waals surface area contributed by atoms with Gasteiger partial charge in [-0.05, 0) is 22.1 Å². The van der Waals surface area contributed by atoms with Crippen molar-refractivity contribution in [3.63, 3.8) is 0 Å². The number of aliphatic hydroxyl groups excluding tert-OH is 1. The number of hydrogen-bond donors (Lipinski definition) is 1. The highest BCUT2D eigenvalue weighted by atomic mass is 16.3. The highest BCUT2D eigenvalue weighted by molar-refractivity contribution is 5.56. The molecule has 1 heterocycles. The van der Waals surface area contributed by atoms with Crippen LogP contribution in [0, 0.1) is 0 Å². The molecule has 62 valence electrons. The van der Waals surface area contributed by atoms with Gasteiger partial charge in [0.25, 0.3) is 0 Å². The average molecular weight is 161 g/mol. The lowest BCUT2D eigenvalue weighted by molar-refractivity contribution is 0.350. The van der Waals surface area contributed by atoms with Crippen LogP contribution < -0.4 is 10.4 Å². The zero-order valence-electron chi connectivity index (χ0n) is 6.83. The fourth-order valence-corrected chi connectivity index (χ4v) is 1.00. The predicted octanol–water partition coefficient (Wildman–Crippen LogP) is -0.179. The first kappa shape index (κ1) is 8.68. The second-order valence-electron chi connectivity index (χ2n) is 2.42. The molecule has 0 aliphatic carbocycles. The van der Waals surface area contributed by atoms with E-state index < -0.39 is 0 Å². The van der Waals surface area contributed by atoms with Gasteiger partial charge in [-0.2, -0.15) is 0 Å². The van der Waals surface area contributed by atoms with Crippen LogP contribution in [0.3, 0.4) is 0 Å². The molecular weight excluding hydrogens is 150 g/mol. The van der Waals surface area contributed by atoms with Crippen molar-refractivity contribution in [2.24, 2.45) is 0 Å². The van der Waals surface area contributed by atoms with E-state index in [4.69, 9.17) is 5.11 Å². The third kappa shape index (κ3) is 1.60. The van der Waals surface area contributed by atoms with Crippen LogP contribution in [0.1, 0.15) is 0 Å². The fraction of sp³-hybridized carbons (Fsp3) is 0.100. The second-order valence-corrected chi connectivity index (χ2v) is 2.42. The summed E-state index contributed by atoms with van der Waals surface area (Å²) in [6, 6.07) is 1.82. The molecule has 0 unspecified atom stereocenters. The summed E-state index contributed by atoms with van der Waals surface area (Å²) >= 11 is 0. The van der Waals surface area contributed by atoms with E-state index in [9.17, 15) is 0 Å². The molecule has 0 bridgehead atoms. The van der Waals surface area contributed by atoms with Crippen LogP contribution in [-0.2, 0) is 0 Å². The first-order valence-corrected chi connectivity index (χ1v) is 3.65. The van der Waals surface area contributed by atoms with Gasteiger partial charge in [-0.1, -0.05) is 19.2 Å². The van der Waals surface area contributed by atoms with Crippen molar-refractivity contribution in [2.75, 3.05) is 6.61 Å². The summed E-state index contributed by atoms with van der Waals surface area (Å²) in [5.74, 6) is 0. The molecule has 1 rings (SSSR count). The highest BCUT2D eigenvalue weighted by Crippen LogP contribution is 1.88. The maximum Gasteiger partial charge on any atom is 0.0687 e. The number of aliphatic hydroxyl groups is 1. The maximum absolute atomic E-state index is 8.95. The Bertz CT molecular complexity index is 381. The van der Waals surface area contributed by atoms with E-state index in [2.05, 4.69) is 18.1 Å². The van der Waals surface area contributed by atoms with Gasteiger partial charge >= 0.3 is 0 Å². The van der Waals surface area contributed by atoms with Crippen LogP contribution in [0.4, 0.5) is 0 Å². The summed E-state index contributed by atoms with van der Waals surface area (Å²) in [7, 11) is 0. The van der Waals surface area contributed by atoms with E-state index in [1.807, 2.05) is 6.07 Å². The second kappa shape index (κ2) is 3.83. The minimum atomic E-state index is -0.0178. The molecule has 0 aromatic carbocycles. The number of nitrogens with zero attached hydrogens (tertiary/aromatic N) is 1. The molecule has 12 heavy (non-hydrogen) atoms. The zero-order valence-corrected chi connectivity index (χ0v) is 6.83. The molecule has 0 atom stereocenters. The predicted molar refractivity (Wildman–Crippen MR) is 49.7 cm³/mol. The zero-order chi connectivity index (χ0) is 8.97.